The molecule has 1 saturated carbocycles. The van der Waals surface area contributed by atoms with E-state index in [1.54, 1.807) is 7.11 Å². The van der Waals surface area contributed by atoms with Crippen LogP contribution in [0.15, 0.2) is 4.99 Å². The highest BCUT2D eigenvalue weighted by molar-refractivity contribution is 14.0. The number of aliphatic imine (C=N–C) groups is 1. The Morgan fingerprint density at radius 3 is 2.43 bits per heavy atom. The number of methoxy groups -OCH3 is 1. The highest BCUT2D eigenvalue weighted by atomic mass is 127. The largest absolute Gasteiger partial charge is 0.444 e. The number of rotatable bonds is 7. The van der Waals surface area contributed by atoms with Gasteiger partial charge in [-0.1, -0.05) is 0 Å². The molecule has 0 radical (unpaired) electrons. The van der Waals surface area contributed by atoms with Crippen molar-refractivity contribution < 1.29 is 14.3 Å². The average Bonchev–Trinajstić information content (AvgIpc) is 3.16. The standard InChI is InChI=1S/C15H30N4O3.HI/c1-10(9-21-5)18-13(16)17-8-12(11-6-7-11)19-14(20)22-15(2,3)4;/h10-12H,6-9H2,1-5H3,(H,19,20)(H3,16,17,18);1H. The zero-order chi connectivity index (χ0) is 16.8. The maximum absolute atomic E-state index is 11.9. The number of nitrogens with two attached hydrogens (primary N) is 1. The fourth-order valence-electron chi connectivity index (χ4n) is 2.06. The molecule has 2 unspecified atom stereocenters. The molecule has 8 heteroatoms. The molecule has 0 saturated heterocycles. The molecule has 1 aliphatic rings. The van der Waals surface area contributed by atoms with Crippen LogP contribution >= 0.6 is 24.0 Å². The van der Waals surface area contributed by atoms with Crippen LogP contribution < -0.4 is 16.4 Å². The van der Waals surface area contributed by atoms with Gasteiger partial charge in [-0.2, -0.15) is 0 Å². The normalized spacial score (nSPS) is 17.7. The van der Waals surface area contributed by atoms with Crippen molar-refractivity contribution in [1.82, 2.24) is 10.6 Å². The Bertz CT molecular complexity index is 395. The molecule has 1 rings (SSSR count). The number of hydrogen-bond acceptors (Lipinski definition) is 4. The topological polar surface area (TPSA) is 98.0 Å². The summed E-state index contributed by atoms with van der Waals surface area (Å²) < 4.78 is 10.3. The van der Waals surface area contributed by atoms with Crippen LogP contribution in [-0.2, 0) is 9.47 Å². The quantitative estimate of drug-likeness (QED) is 0.318. The second kappa shape index (κ2) is 10.2. The third-order valence-electron chi connectivity index (χ3n) is 3.16. The molecule has 4 N–H and O–H groups in total. The van der Waals surface area contributed by atoms with Crippen molar-refractivity contribution >= 4 is 36.0 Å². The van der Waals surface area contributed by atoms with Crippen LogP contribution in [0.4, 0.5) is 4.79 Å². The van der Waals surface area contributed by atoms with Crippen molar-refractivity contribution in [3.8, 4) is 0 Å². The van der Waals surface area contributed by atoms with Crippen LogP contribution in [0.1, 0.15) is 40.5 Å². The number of ether oxygens (including phenoxy) is 2. The summed E-state index contributed by atoms with van der Waals surface area (Å²) in [6.07, 6.45) is 1.80. The molecule has 0 aliphatic heterocycles. The molecule has 0 aromatic rings. The third-order valence-corrected chi connectivity index (χ3v) is 3.16. The second-order valence-corrected chi connectivity index (χ2v) is 6.82. The summed E-state index contributed by atoms with van der Waals surface area (Å²) in [6.45, 7) is 8.49. The third kappa shape index (κ3) is 10.6. The molecular weight excluding hydrogens is 411 g/mol. The fraction of sp³-hybridized carbons (Fsp3) is 0.867. The number of guanidine groups is 1. The molecule has 23 heavy (non-hydrogen) atoms. The molecule has 0 aromatic carbocycles. The summed E-state index contributed by atoms with van der Waals surface area (Å²) in [5.74, 6) is 0.821. The number of alkyl carbamates (subject to hydrolysis) is 1. The van der Waals surface area contributed by atoms with E-state index in [1.807, 2.05) is 27.7 Å². The van der Waals surface area contributed by atoms with Crippen LogP contribution in [0.2, 0.25) is 0 Å². The Hall–Kier alpha value is -0.770. The van der Waals surface area contributed by atoms with E-state index in [-0.39, 0.29) is 36.1 Å². The summed E-state index contributed by atoms with van der Waals surface area (Å²) in [7, 11) is 1.64. The van der Waals surface area contributed by atoms with Gasteiger partial charge in [-0.15, -0.1) is 24.0 Å². The number of hydrogen-bond donors (Lipinski definition) is 3. The highest BCUT2D eigenvalue weighted by Gasteiger charge is 2.33. The van der Waals surface area contributed by atoms with E-state index in [4.69, 9.17) is 15.2 Å². The molecule has 136 valence electrons. The van der Waals surface area contributed by atoms with Gasteiger partial charge in [0.2, 0.25) is 0 Å². The van der Waals surface area contributed by atoms with Crippen LogP contribution in [-0.4, -0.2) is 50.0 Å². The van der Waals surface area contributed by atoms with Crippen molar-refractivity contribution in [3.63, 3.8) is 0 Å². The molecule has 2 atom stereocenters. The summed E-state index contributed by atoms with van der Waals surface area (Å²) in [6, 6.07) is 0.0554. The van der Waals surface area contributed by atoms with Gasteiger partial charge in [-0.25, -0.2) is 4.79 Å². The van der Waals surface area contributed by atoms with Crippen molar-refractivity contribution in [1.29, 1.82) is 0 Å². The Kier molecular flexibility index (Phi) is 9.83. The molecule has 1 aliphatic carbocycles. The van der Waals surface area contributed by atoms with E-state index in [0.29, 0.717) is 25.0 Å². The van der Waals surface area contributed by atoms with Crippen molar-refractivity contribution in [3.05, 3.63) is 0 Å². The zero-order valence-electron chi connectivity index (χ0n) is 14.7. The smallest absolute Gasteiger partial charge is 0.407 e. The lowest BCUT2D eigenvalue weighted by atomic mass is 10.2. The molecule has 7 nitrogen and oxygen atoms in total. The van der Waals surface area contributed by atoms with Crippen LogP contribution in [0, 0.1) is 5.92 Å². The first-order valence-electron chi connectivity index (χ1n) is 7.76. The minimum Gasteiger partial charge on any atom is -0.444 e. The number of carbonyl (C=O) groups is 1. The van der Waals surface area contributed by atoms with Crippen molar-refractivity contribution in [2.24, 2.45) is 16.6 Å². The van der Waals surface area contributed by atoms with E-state index in [1.165, 1.54) is 0 Å². The van der Waals surface area contributed by atoms with Gasteiger partial charge in [0.25, 0.3) is 0 Å². The van der Waals surface area contributed by atoms with Crippen LogP contribution in [0.5, 0.6) is 0 Å². The van der Waals surface area contributed by atoms with Crippen molar-refractivity contribution in [2.75, 3.05) is 20.3 Å². The number of nitrogens with one attached hydrogen (secondary N) is 2. The van der Waals surface area contributed by atoms with E-state index in [2.05, 4.69) is 15.6 Å². The minimum atomic E-state index is -0.502. The first kappa shape index (κ1) is 22.2. The van der Waals surface area contributed by atoms with Gasteiger partial charge in [-0.3, -0.25) is 4.99 Å². The Balaban J connectivity index is 0.00000484. The van der Waals surface area contributed by atoms with Gasteiger partial charge in [0.05, 0.1) is 19.2 Å². The fourth-order valence-corrected chi connectivity index (χ4v) is 2.06. The highest BCUT2D eigenvalue weighted by Crippen LogP contribution is 2.32. The van der Waals surface area contributed by atoms with Crippen molar-refractivity contribution in [2.45, 2.75) is 58.2 Å². The molecule has 0 bridgehead atoms. The van der Waals surface area contributed by atoms with Gasteiger partial charge in [0.15, 0.2) is 5.96 Å². The van der Waals surface area contributed by atoms with E-state index in [0.717, 1.165) is 12.8 Å². The maximum Gasteiger partial charge on any atom is 0.407 e. The maximum atomic E-state index is 11.9. The predicted molar refractivity (Wildman–Crippen MR) is 102 cm³/mol. The summed E-state index contributed by atoms with van der Waals surface area (Å²) in [5, 5.41) is 5.94. The molecule has 0 spiro atoms. The van der Waals surface area contributed by atoms with E-state index >= 15 is 0 Å². The Morgan fingerprint density at radius 1 is 1.35 bits per heavy atom. The second-order valence-electron chi connectivity index (χ2n) is 6.82. The van der Waals surface area contributed by atoms with E-state index in [9.17, 15) is 4.79 Å². The van der Waals surface area contributed by atoms with Gasteiger partial charge in [0, 0.05) is 13.2 Å². The summed E-state index contributed by atoms with van der Waals surface area (Å²) in [5.41, 5.74) is 5.34. The number of halogens is 1. The predicted octanol–water partition coefficient (Wildman–Crippen LogP) is 1.85. The summed E-state index contributed by atoms with van der Waals surface area (Å²) >= 11 is 0. The summed E-state index contributed by atoms with van der Waals surface area (Å²) in [4.78, 5) is 16.2. The minimum absolute atomic E-state index is 0. The Morgan fingerprint density at radius 2 is 1.96 bits per heavy atom. The number of carbonyl (C=O) groups excluding carboxylic acids is 1. The van der Waals surface area contributed by atoms with Gasteiger partial charge in [-0.05, 0) is 46.5 Å². The van der Waals surface area contributed by atoms with E-state index < -0.39 is 11.7 Å². The molecule has 0 aromatic heterocycles. The average molecular weight is 442 g/mol. The van der Waals surface area contributed by atoms with Crippen LogP contribution in [0.3, 0.4) is 0 Å². The van der Waals surface area contributed by atoms with Gasteiger partial charge < -0.3 is 25.8 Å². The number of nitrogens with zero attached hydrogens (tertiary/aromatic N) is 1. The van der Waals surface area contributed by atoms with Gasteiger partial charge in [0.1, 0.15) is 5.60 Å². The lowest BCUT2D eigenvalue weighted by molar-refractivity contribution is 0.0500. The van der Waals surface area contributed by atoms with Crippen LogP contribution in [0.25, 0.3) is 0 Å². The first-order valence-corrected chi connectivity index (χ1v) is 7.76. The molecule has 0 heterocycles. The monoisotopic (exact) mass is 442 g/mol. The lowest BCUT2D eigenvalue weighted by Gasteiger charge is -2.23. The Labute approximate surface area is 156 Å². The molecule has 1 amide bonds. The molecular formula is C15H31IN4O3. The SMILES string of the molecule is COCC(C)NC(N)=NCC(NC(=O)OC(C)(C)C)C1CC1.I. The number of amides is 1. The zero-order valence-corrected chi connectivity index (χ0v) is 17.0. The first-order chi connectivity index (χ1) is 10.2. The molecule has 1 fully saturated rings. The lowest BCUT2D eigenvalue weighted by Crippen LogP contribution is -2.44. The van der Waals surface area contributed by atoms with Gasteiger partial charge >= 0.3 is 6.09 Å².